The van der Waals surface area contributed by atoms with Gasteiger partial charge in [-0.2, -0.15) is 10.2 Å². The van der Waals surface area contributed by atoms with Crippen LogP contribution in [-0.4, -0.2) is 36.8 Å². The minimum absolute atomic E-state index is 0.249. The first-order valence-corrected chi connectivity index (χ1v) is 5.39. The molecule has 0 unspecified atom stereocenters. The first kappa shape index (κ1) is 13.2. The van der Waals surface area contributed by atoms with E-state index < -0.39 is 0 Å². The normalized spacial score (nSPS) is 9.94. The molecule has 0 aromatic carbocycles. The van der Waals surface area contributed by atoms with Crippen molar-refractivity contribution in [3.05, 3.63) is 11.8 Å². The number of nitrogens with two attached hydrogens (primary N) is 1. The number of ether oxygens (including phenoxy) is 1. The SMILES string of the molecule is COCCN(CCC#N)c1cc(C)nc(N)n1. The van der Waals surface area contributed by atoms with Crippen LogP contribution in [0, 0.1) is 18.3 Å². The van der Waals surface area contributed by atoms with E-state index in [0.717, 1.165) is 11.5 Å². The number of nitriles is 1. The van der Waals surface area contributed by atoms with Gasteiger partial charge in [-0.15, -0.1) is 0 Å². The lowest BCUT2D eigenvalue weighted by Crippen LogP contribution is -2.29. The predicted octanol–water partition coefficient (Wildman–Crippen LogP) is 0.734. The summed E-state index contributed by atoms with van der Waals surface area (Å²) in [4.78, 5) is 10.2. The third kappa shape index (κ3) is 4.25. The number of hydrogen-bond donors (Lipinski definition) is 1. The lowest BCUT2D eigenvalue weighted by molar-refractivity contribution is 0.205. The van der Waals surface area contributed by atoms with E-state index in [1.165, 1.54) is 0 Å². The monoisotopic (exact) mass is 235 g/mol. The topological polar surface area (TPSA) is 88.1 Å². The quantitative estimate of drug-likeness (QED) is 0.782. The summed E-state index contributed by atoms with van der Waals surface area (Å²) in [5, 5.41) is 8.63. The fourth-order valence-electron chi connectivity index (χ4n) is 1.46. The fourth-order valence-corrected chi connectivity index (χ4v) is 1.46. The Morgan fingerprint density at radius 2 is 2.24 bits per heavy atom. The smallest absolute Gasteiger partial charge is 0.222 e. The molecule has 0 radical (unpaired) electrons. The van der Waals surface area contributed by atoms with Gasteiger partial charge in [-0.25, -0.2) is 4.98 Å². The largest absolute Gasteiger partial charge is 0.383 e. The number of anilines is 2. The average molecular weight is 235 g/mol. The second kappa shape index (κ2) is 6.66. The zero-order valence-corrected chi connectivity index (χ0v) is 10.2. The summed E-state index contributed by atoms with van der Waals surface area (Å²) in [5.74, 6) is 0.988. The zero-order valence-electron chi connectivity index (χ0n) is 10.2. The molecule has 0 saturated heterocycles. The van der Waals surface area contributed by atoms with Gasteiger partial charge in [0.2, 0.25) is 5.95 Å². The summed E-state index contributed by atoms with van der Waals surface area (Å²) in [7, 11) is 1.64. The second-order valence-corrected chi connectivity index (χ2v) is 3.61. The van der Waals surface area contributed by atoms with E-state index in [1.807, 2.05) is 17.9 Å². The number of rotatable bonds is 6. The Morgan fingerprint density at radius 1 is 1.47 bits per heavy atom. The number of nitrogens with zero attached hydrogens (tertiary/aromatic N) is 4. The first-order valence-electron chi connectivity index (χ1n) is 5.39. The summed E-state index contributed by atoms with van der Waals surface area (Å²) in [5.41, 5.74) is 6.42. The Kier molecular flexibility index (Phi) is 5.17. The molecule has 17 heavy (non-hydrogen) atoms. The van der Waals surface area contributed by atoms with Crippen molar-refractivity contribution in [2.75, 3.05) is 37.4 Å². The van der Waals surface area contributed by atoms with Crippen molar-refractivity contribution in [2.24, 2.45) is 0 Å². The van der Waals surface area contributed by atoms with Crippen LogP contribution in [0.15, 0.2) is 6.07 Å². The molecule has 6 nitrogen and oxygen atoms in total. The number of methoxy groups -OCH3 is 1. The van der Waals surface area contributed by atoms with E-state index in [-0.39, 0.29) is 5.95 Å². The molecule has 1 rings (SSSR count). The first-order chi connectivity index (χ1) is 8.17. The van der Waals surface area contributed by atoms with E-state index in [0.29, 0.717) is 26.1 Å². The van der Waals surface area contributed by atoms with Crippen molar-refractivity contribution >= 4 is 11.8 Å². The van der Waals surface area contributed by atoms with Gasteiger partial charge in [-0.3, -0.25) is 0 Å². The molecule has 0 aliphatic rings. The molecule has 0 fully saturated rings. The van der Waals surface area contributed by atoms with Gasteiger partial charge < -0.3 is 15.4 Å². The molecule has 0 amide bonds. The van der Waals surface area contributed by atoms with Crippen molar-refractivity contribution in [3.63, 3.8) is 0 Å². The Labute approximate surface area is 101 Å². The van der Waals surface area contributed by atoms with Gasteiger partial charge in [0.1, 0.15) is 5.82 Å². The highest BCUT2D eigenvalue weighted by atomic mass is 16.5. The average Bonchev–Trinajstić information content (AvgIpc) is 2.28. The molecule has 2 N–H and O–H groups in total. The van der Waals surface area contributed by atoms with Crippen LogP contribution in [0.25, 0.3) is 0 Å². The van der Waals surface area contributed by atoms with Gasteiger partial charge in [0, 0.05) is 32.0 Å². The van der Waals surface area contributed by atoms with E-state index >= 15 is 0 Å². The molecular formula is C11H17N5O. The maximum Gasteiger partial charge on any atom is 0.222 e. The van der Waals surface area contributed by atoms with E-state index in [2.05, 4.69) is 16.0 Å². The Balaban J connectivity index is 2.83. The minimum atomic E-state index is 0.249. The molecule has 0 spiro atoms. The Bertz CT molecular complexity index is 381. The maximum absolute atomic E-state index is 8.63. The highest BCUT2D eigenvalue weighted by Crippen LogP contribution is 2.13. The van der Waals surface area contributed by atoms with Gasteiger partial charge in [0.15, 0.2) is 0 Å². The summed E-state index contributed by atoms with van der Waals surface area (Å²) < 4.78 is 5.04. The van der Waals surface area contributed by atoms with E-state index in [1.54, 1.807) is 7.11 Å². The summed E-state index contributed by atoms with van der Waals surface area (Å²) in [6.07, 6.45) is 0.437. The van der Waals surface area contributed by atoms with Gasteiger partial charge in [0.25, 0.3) is 0 Å². The maximum atomic E-state index is 8.63. The molecule has 0 aliphatic heterocycles. The predicted molar refractivity (Wildman–Crippen MR) is 65.5 cm³/mol. The molecular weight excluding hydrogens is 218 g/mol. The molecule has 0 atom stereocenters. The number of aromatic nitrogens is 2. The van der Waals surface area contributed by atoms with E-state index in [9.17, 15) is 0 Å². The molecule has 1 heterocycles. The third-order valence-corrected chi connectivity index (χ3v) is 2.24. The highest BCUT2D eigenvalue weighted by Gasteiger charge is 2.09. The van der Waals surface area contributed by atoms with Crippen LogP contribution in [0.4, 0.5) is 11.8 Å². The van der Waals surface area contributed by atoms with Crippen LogP contribution >= 0.6 is 0 Å². The molecule has 0 bridgehead atoms. The van der Waals surface area contributed by atoms with Gasteiger partial charge in [-0.05, 0) is 6.92 Å². The third-order valence-electron chi connectivity index (χ3n) is 2.24. The van der Waals surface area contributed by atoms with Crippen molar-refractivity contribution in [2.45, 2.75) is 13.3 Å². The van der Waals surface area contributed by atoms with Crippen LogP contribution in [0.3, 0.4) is 0 Å². The van der Waals surface area contributed by atoms with Crippen LogP contribution in [0.5, 0.6) is 0 Å². The van der Waals surface area contributed by atoms with Crippen LogP contribution in [-0.2, 0) is 4.74 Å². The number of nitrogen functional groups attached to an aromatic ring is 1. The van der Waals surface area contributed by atoms with E-state index in [4.69, 9.17) is 15.7 Å². The molecule has 92 valence electrons. The Morgan fingerprint density at radius 3 is 2.82 bits per heavy atom. The standard InChI is InChI=1S/C11H17N5O/c1-9-8-10(15-11(13)14-9)16(5-3-4-12)6-7-17-2/h8H,3,5-7H2,1-2H3,(H2,13,14,15). The Hall–Kier alpha value is -1.87. The van der Waals surface area contributed by atoms with Crippen molar-refractivity contribution in [3.8, 4) is 6.07 Å². The number of aryl methyl sites for hydroxylation is 1. The molecule has 0 saturated carbocycles. The van der Waals surface area contributed by atoms with Crippen molar-refractivity contribution in [1.29, 1.82) is 5.26 Å². The molecule has 6 heteroatoms. The fraction of sp³-hybridized carbons (Fsp3) is 0.545. The minimum Gasteiger partial charge on any atom is -0.383 e. The lowest BCUT2D eigenvalue weighted by Gasteiger charge is -2.22. The van der Waals surface area contributed by atoms with Gasteiger partial charge in [0.05, 0.1) is 19.1 Å². The summed E-state index contributed by atoms with van der Waals surface area (Å²) in [6, 6.07) is 3.97. The summed E-state index contributed by atoms with van der Waals surface area (Å²) >= 11 is 0. The van der Waals surface area contributed by atoms with Crippen molar-refractivity contribution < 1.29 is 4.74 Å². The van der Waals surface area contributed by atoms with Crippen LogP contribution in [0.2, 0.25) is 0 Å². The number of hydrogen-bond acceptors (Lipinski definition) is 6. The lowest BCUT2D eigenvalue weighted by atomic mass is 10.3. The van der Waals surface area contributed by atoms with Gasteiger partial charge in [-0.1, -0.05) is 0 Å². The highest BCUT2D eigenvalue weighted by molar-refractivity contribution is 5.43. The van der Waals surface area contributed by atoms with Crippen LogP contribution < -0.4 is 10.6 Å². The summed E-state index contributed by atoms with van der Waals surface area (Å²) in [6.45, 7) is 3.72. The van der Waals surface area contributed by atoms with Crippen molar-refractivity contribution in [1.82, 2.24) is 9.97 Å². The zero-order chi connectivity index (χ0) is 12.7. The van der Waals surface area contributed by atoms with Crippen LogP contribution in [0.1, 0.15) is 12.1 Å². The molecule has 0 aliphatic carbocycles. The second-order valence-electron chi connectivity index (χ2n) is 3.61. The van der Waals surface area contributed by atoms with Gasteiger partial charge >= 0.3 is 0 Å². The molecule has 1 aromatic rings. The molecule has 1 aromatic heterocycles.